The highest BCUT2D eigenvalue weighted by atomic mass is 16.2. The van der Waals surface area contributed by atoms with Gasteiger partial charge < -0.3 is 0 Å². The lowest BCUT2D eigenvalue weighted by Crippen LogP contribution is -2.43. The zero-order valence-corrected chi connectivity index (χ0v) is 10.0. The van der Waals surface area contributed by atoms with Gasteiger partial charge in [0.2, 0.25) is 0 Å². The van der Waals surface area contributed by atoms with Crippen LogP contribution in [0.3, 0.4) is 0 Å². The molecule has 0 spiro atoms. The Balaban J connectivity index is 0.000000921. The molecule has 0 saturated carbocycles. The molecule has 0 bridgehead atoms. The van der Waals surface area contributed by atoms with E-state index in [1.807, 2.05) is 51.1 Å². The lowest BCUT2D eigenvalue weighted by molar-refractivity contribution is -0.135. The average molecular weight is 208 g/mol. The third-order valence-corrected chi connectivity index (χ3v) is 1.90. The van der Waals surface area contributed by atoms with E-state index < -0.39 is 0 Å². The van der Waals surface area contributed by atoms with E-state index in [0.29, 0.717) is 6.54 Å². The van der Waals surface area contributed by atoms with E-state index in [1.54, 1.807) is 0 Å². The Labute approximate surface area is 92.3 Å². The van der Waals surface area contributed by atoms with Gasteiger partial charge in [-0.1, -0.05) is 32.6 Å². The number of carbonyl (C=O) groups is 1. The van der Waals surface area contributed by atoms with Crippen molar-refractivity contribution in [3.05, 3.63) is 36.7 Å². The van der Waals surface area contributed by atoms with E-state index in [0.717, 1.165) is 5.57 Å². The number of rotatable bonds is 2. The zero-order chi connectivity index (χ0) is 11.8. The van der Waals surface area contributed by atoms with Crippen molar-refractivity contribution in [1.29, 1.82) is 0 Å². The van der Waals surface area contributed by atoms with Crippen molar-refractivity contribution in [3.8, 4) is 0 Å². The van der Waals surface area contributed by atoms with E-state index in [1.165, 1.54) is 11.2 Å². The molecule has 0 unspecified atom stereocenters. The van der Waals surface area contributed by atoms with Crippen molar-refractivity contribution in [2.75, 3.05) is 6.54 Å². The summed E-state index contributed by atoms with van der Waals surface area (Å²) in [5.74, 6) is -0.0145. The lowest BCUT2D eigenvalue weighted by atomic mass is 10.2. The molecule has 15 heavy (non-hydrogen) atoms. The molecule has 0 aromatic rings. The van der Waals surface area contributed by atoms with Gasteiger partial charge in [0, 0.05) is 18.0 Å². The molecule has 1 rings (SSSR count). The molecule has 0 aromatic heterocycles. The van der Waals surface area contributed by atoms with Crippen LogP contribution in [0.25, 0.3) is 0 Å². The molecule has 1 heterocycles. The Morgan fingerprint density at radius 1 is 1.47 bits per heavy atom. The Bertz CT molecular complexity index is 279. The van der Waals surface area contributed by atoms with Gasteiger partial charge in [-0.05, 0) is 13.8 Å². The monoisotopic (exact) mass is 208 g/mol. The van der Waals surface area contributed by atoms with Crippen molar-refractivity contribution >= 4 is 5.91 Å². The number of hydrogen-bond acceptors (Lipinski definition) is 2. The normalized spacial score (nSPS) is 16.0. The second-order valence-electron chi connectivity index (χ2n) is 2.82. The van der Waals surface area contributed by atoms with Gasteiger partial charge in [0.15, 0.2) is 0 Å². The van der Waals surface area contributed by atoms with Crippen LogP contribution in [0.15, 0.2) is 36.7 Å². The SMILES string of the molecule is C=CN1C(=O)C(C)=CCN1/C=C\C.CC. The predicted molar refractivity (Wildman–Crippen MR) is 63.7 cm³/mol. The highest BCUT2D eigenvalue weighted by Crippen LogP contribution is 2.12. The van der Waals surface area contributed by atoms with E-state index in [9.17, 15) is 4.79 Å². The van der Waals surface area contributed by atoms with E-state index in [2.05, 4.69) is 6.58 Å². The minimum atomic E-state index is -0.0145. The van der Waals surface area contributed by atoms with E-state index >= 15 is 0 Å². The molecule has 0 aliphatic carbocycles. The molecule has 0 atom stereocenters. The van der Waals surface area contributed by atoms with Crippen molar-refractivity contribution < 1.29 is 4.79 Å². The largest absolute Gasteiger partial charge is 0.282 e. The molecule has 1 aliphatic heterocycles. The molecule has 1 aliphatic rings. The summed E-state index contributed by atoms with van der Waals surface area (Å²) in [7, 11) is 0. The number of hydrazine groups is 1. The van der Waals surface area contributed by atoms with Gasteiger partial charge in [-0.25, -0.2) is 5.01 Å². The molecule has 84 valence electrons. The summed E-state index contributed by atoms with van der Waals surface area (Å²) in [6.45, 7) is 12.0. The summed E-state index contributed by atoms with van der Waals surface area (Å²) >= 11 is 0. The number of carbonyl (C=O) groups excluding carboxylic acids is 1. The van der Waals surface area contributed by atoms with Gasteiger partial charge >= 0.3 is 0 Å². The number of amides is 1. The van der Waals surface area contributed by atoms with Crippen LogP contribution in [0.2, 0.25) is 0 Å². The standard InChI is InChI=1S/C10H14N2O.C2H6/c1-4-7-11-8-6-9(3)10(13)12(11)5-2;1-2/h4-7H,2,8H2,1,3H3;1-2H3/b7-4-;. The average Bonchev–Trinajstić information content (AvgIpc) is 2.27. The summed E-state index contributed by atoms with van der Waals surface area (Å²) in [5.41, 5.74) is 0.764. The smallest absolute Gasteiger partial charge is 0.271 e. The maximum absolute atomic E-state index is 11.6. The number of allylic oxidation sites excluding steroid dienone is 1. The highest BCUT2D eigenvalue weighted by molar-refractivity contribution is 5.93. The molecular weight excluding hydrogens is 188 g/mol. The second-order valence-corrected chi connectivity index (χ2v) is 2.82. The zero-order valence-electron chi connectivity index (χ0n) is 10.0. The lowest BCUT2D eigenvalue weighted by Gasteiger charge is -2.33. The van der Waals surface area contributed by atoms with Gasteiger partial charge in [0.25, 0.3) is 5.91 Å². The Kier molecular flexibility index (Phi) is 6.18. The number of nitrogens with zero attached hydrogens (tertiary/aromatic N) is 2. The van der Waals surface area contributed by atoms with Crippen molar-refractivity contribution in [2.24, 2.45) is 0 Å². The minimum absolute atomic E-state index is 0.0145. The molecule has 0 N–H and O–H groups in total. The molecule has 3 heteroatoms. The molecule has 0 fully saturated rings. The first-order valence-corrected chi connectivity index (χ1v) is 5.23. The first kappa shape index (κ1) is 13.5. The van der Waals surface area contributed by atoms with Gasteiger partial charge in [-0.2, -0.15) is 0 Å². The summed E-state index contributed by atoms with van der Waals surface area (Å²) in [6, 6.07) is 0. The Hall–Kier alpha value is -1.51. The molecule has 0 radical (unpaired) electrons. The predicted octanol–water partition coefficient (Wildman–Crippen LogP) is 2.70. The quantitative estimate of drug-likeness (QED) is 0.696. The third kappa shape index (κ3) is 3.27. The Morgan fingerprint density at radius 2 is 2.07 bits per heavy atom. The maximum atomic E-state index is 11.6. The van der Waals surface area contributed by atoms with Crippen molar-refractivity contribution in [1.82, 2.24) is 10.0 Å². The fourth-order valence-electron chi connectivity index (χ4n) is 1.20. The van der Waals surface area contributed by atoms with Gasteiger partial charge in [0.1, 0.15) is 0 Å². The molecule has 3 nitrogen and oxygen atoms in total. The van der Waals surface area contributed by atoms with Crippen LogP contribution in [-0.4, -0.2) is 22.5 Å². The van der Waals surface area contributed by atoms with Crippen LogP contribution in [0.4, 0.5) is 0 Å². The Morgan fingerprint density at radius 3 is 2.53 bits per heavy atom. The van der Waals surface area contributed by atoms with Crippen LogP contribution in [0.5, 0.6) is 0 Å². The second kappa shape index (κ2) is 6.87. The first-order valence-electron chi connectivity index (χ1n) is 5.23. The van der Waals surface area contributed by atoms with Crippen LogP contribution in [0, 0.1) is 0 Å². The molecule has 0 saturated heterocycles. The van der Waals surface area contributed by atoms with Crippen molar-refractivity contribution in [3.63, 3.8) is 0 Å². The molecule has 1 amide bonds. The fourth-order valence-corrected chi connectivity index (χ4v) is 1.20. The minimum Gasteiger partial charge on any atom is -0.282 e. The van der Waals surface area contributed by atoms with E-state index in [-0.39, 0.29) is 5.91 Å². The van der Waals surface area contributed by atoms with Gasteiger partial charge in [-0.3, -0.25) is 9.80 Å². The van der Waals surface area contributed by atoms with E-state index in [4.69, 9.17) is 0 Å². The summed E-state index contributed by atoms with van der Waals surface area (Å²) in [4.78, 5) is 11.6. The van der Waals surface area contributed by atoms with Crippen LogP contribution in [-0.2, 0) is 4.79 Å². The third-order valence-electron chi connectivity index (χ3n) is 1.90. The van der Waals surface area contributed by atoms with Crippen molar-refractivity contribution in [2.45, 2.75) is 27.7 Å². The summed E-state index contributed by atoms with van der Waals surface area (Å²) in [6.07, 6.45) is 7.17. The van der Waals surface area contributed by atoms with Crippen LogP contribution in [0.1, 0.15) is 27.7 Å². The molecule has 0 aromatic carbocycles. The van der Waals surface area contributed by atoms with Crippen LogP contribution < -0.4 is 0 Å². The number of hydrogen-bond donors (Lipinski definition) is 0. The van der Waals surface area contributed by atoms with Gasteiger partial charge in [-0.15, -0.1) is 0 Å². The maximum Gasteiger partial charge on any atom is 0.271 e. The molecular formula is C12H20N2O. The topological polar surface area (TPSA) is 23.6 Å². The first-order chi connectivity index (χ1) is 7.20. The highest BCUT2D eigenvalue weighted by Gasteiger charge is 2.20. The van der Waals surface area contributed by atoms with Gasteiger partial charge in [0.05, 0.1) is 6.54 Å². The summed E-state index contributed by atoms with van der Waals surface area (Å²) in [5, 5.41) is 3.32. The van der Waals surface area contributed by atoms with Crippen LogP contribution >= 0.6 is 0 Å². The fraction of sp³-hybridized carbons (Fsp3) is 0.417. The summed E-state index contributed by atoms with van der Waals surface area (Å²) < 4.78 is 0.